The van der Waals surface area contributed by atoms with Crippen molar-refractivity contribution in [1.29, 1.82) is 0 Å². The lowest BCUT2D eigenvalue weighted by Gasteiger charge is -2.34. The van der Waals surface area contributed by atoms with Crippen LogP contribution in [0.15, 0.2) is 6.07 Å². The van der Waals surface area contributed by atoms with Crippen molar-refractivity contribution in [1.82, 2.24) is 4.90 Å². The van der Waals surface area contributed by atoms with Crippen molar-refractivity contribution < 1.29 is 19.4 Å². The van der Waals surface area contributed by atoms with Gasteiger partial charge in [0.2, 0.25) is 0 Å². The maximum Gasteiger partial charge on any atom is 0.410 e. The Hall–Kier alpha value is -1.56. The highest BCUT2D eigenvalue weighted by atomic mass is 32.1. The summed E-state index contributed by atoms with van der Waals surface area (Å²) in [6.45, 7) is 7.86. The van der Waals surface area contributed by atoms with E-state index in [9.17, 15) is 9.59 Å². The molecular formula is C14H19NO4S. The van der Waals surface area contributed by atoms with Crippen LogP contribution in [0, 0.1) is 0 Å². The maximum atomic E-state index is 12.2. The van der Waals surface area contributed by atoms with Crippen LogP contribution in [0.2, 0.25) is 0 Å². The lowest BCUT2D eigenvalue weighted by molar-refractivity contribution is 0.0140. The second-order valence-corrected chi connectivity index (χ2v) is 7.16. The van der Waals surface area contributed by atoms with Crippen LogP contribution in [-0.2, 0) is 17.7 Å². The van der Waals surface area contributed by atoms with Gasteiger partial charge in [-0.2, -0.15) is 0 Å². The third-order valence-electron chi connectivity index (χ3n) is 3.09. The van der Waals surface area contributed by atoms with Crippen LogP contribution < -0.4 is 0 Å². The quantitative estimate of drug-likeness (QED) is 0.864. The second kappa shape index (κ2) is 5.09. The molecule has 5 nitrogen and oxygen atoms in total. The van der Waals surface area contributed by atoms with E-state index in [1.165, 1.54) is 11.3 Å². The van der Waals surface area contributed by atoms with Gasteiger partial charge in [0.15, 0.2) is 0 Å². The number of hydrogen-bond acceptors (Lipinski definition) is 4. The van der Waals surface area contributed by atoms with Crippen molar-refractivity contribution in [3.05, 3.63) is 21.4 Å². The Morgan fingerprint density at radius 1 is 1.45 bits per heavy atom. The summed E-state index contributed by atoms with van der Waals surface area (Å²) >= 11 is 1.30. The van der Waals surface area contributed by atoms with Crippen molar-refractivity contribution in [3.63, 3.8) is 0 Å². The van der Waals surface area contributed by atoms with E-state index < -0.39 is 11.6 Å². The molecule has 6 heteroatoms. The van der Waals surface area contributed by atoms with Gasteiger partial charge in [-0.25, -0.2) is 9.59 Å². The Morgan fingerprint density at radius 2 is 2.10 bits per heavy atom. The summed E-state index contributed by atoms with van der Waals surface area (Å²) in [7, 11) is 0. The van der Waals surface area contributed by atoms with E-state index in [2.05, 4.69) is 0 Å². The molecule has 1 atom stereocenters. The van der Waals surface area contributed by atoms with Gasteiger partial charge in [0.25, 0.3) is 0 Å². The average Bonchev–Trinajstić information content (AvgIpc) is 2.68. The molecule has 0 bridgehead atoms. The molecule has 1 amide bonds. The van der Waals surface area contributed by atoms with Crippen LogP contribution in [0.3, 0.4) is 0 Å². The number of carbonyl (C=O) groups excluding carboxylic acids is 1. The molecule has 0 spiro atoms. The number of carboxylic acids is 1. The Labute approximate surface area is 122 Å². The number of carboxylic acid groups (broad SMARTS) is 1. The van der Waals surface area contributed by atoms with Gasteiger partial charge in [0.05, 0.1) is 6.54 Å². The SMILES string of the molecule is CC1Cc2sc(C(=O)O)cc2CN1C(=O)OC(C)(C)C. The predicted octanol–water partition coefficient (Wildman–Crippen LogP) is 3.13. The van der Waals surface area contributed by atoms with Crippen molar-refractivity contribution in [2.45, 2.75) is 52.3 Å². The number of nitrogens with zero attached hydrogens (tertiary/aromatic N) is 1. The minimum atomic E-state index is -0.916. The van der Waals surface area contributed by atoms with Crippen molar-refractivity contribution >= 4 is 23.4 Å². The molecule has 0 saturated heterocycles. The van der Waals surface area contributed by atoms with E-state index in [1.54, 1.807) is 11.0 Å². The molecular weight excluding hydrogens is 278 g/mol. The van der Waals surface area contributed by atoms with Gasteiger partial charge in [-0.1, -0.05) is 0 Å². The minimum absolute atomic E-state index is 0.0117. The number of carbonyl (C=O) groups is 2. The fraction of sp³-hybridized carbons (Fsp3) is 0.571. The molecule has 1 N–H and O–H groups in total. The summed E-state index contributed by atoms with van der Waals surface area (Å²) in [6.07, 6.45) is 0.325. The smallest absolute Gasteiger partial charge is 0.410 e. The van der Waals surface area contributed by atoms with Crippen LogP contribution in [-0.4, -0.2) is 33.7 Å². The molecule has 1 unspecified atom stereocenters. The molecule has 20 heavy (non-hydrogen) atoms. The third kappa shape index (κ3) is 3.12. The third-order valence-corrected chi connectivity index (χ3v) is 4.28. The van der Waals surface area contributed by atoms with Gasteiger partial charge >= 0.3 is 12.1 Å². The van der Waals surface area contributed by atoms with Gasteiger partial charge < -0.3 is 14.7 Å². The zero-order valence-corrected chi connectivity index (χ0v) is 12.9. The fourth-order valence-electron chi connectivity index (χ4n) is 2.16. The first-order chi connectivity index (χ1) is 9.17. The molecule has 110 valence electrons. The molecule has 0 fully saturated rings. The number of rotatable bonds is 1. The largest absolute Gasteiger partial charge is 0.477 e. The molecule has 1 aromatic heterocycles. The number of ether oxygens (including phenoxy) is 1. The zero-order chi connectivity index (χ0) is 15.1. The molecule has 0 saturated carbocycles. The average molecular weight is 297 g/mol. The van der Waals surface area contributed by atoms with Crippen LogP contribution in [0.4, 0.5) is 4.79 Å². The summed E-state index contributed by atoms with van der Waals surface area (Å²) in [4.78, 5) is 26.2. The first-order valence-corrected chi connectivity index (χ1v) is 7.33. The van der Waals surface area contributed by atoms with E-state index in [4.69, 9.17) is 9.84 Å². The highest BCUT2D eigenvalue weighted by Gasteiger charge is 2.32. The number of fused-ring (bicyclic) bond motifs is 1. The van der Waals surface area contributed by atoms with Crippen LogP contribution in [0.25, 0.3) is 0 Å². The van der Waals surface area contributed by atoms with Gasteiger partial charge in [-0.15, -0.1) is 11.3 Å². The highest BCUT2D eigenvalue weighted by molar-refractivity contribution is 7.14. The van der Waals surface area contributed by atoms with Crippen molar-refractivity contribution in [2.24, 2.45) is 0 Å². The van der Waals surface area contributed by atoms with Gasteiger partial charge in [-0.05, 0) is 39.3 Å². The van der Waals surface area contributed by atoms with E-state index >= 15 is 0 Å². The Kier molecular flexibility index (Phi) is 3.77. The molecule has 1 aliphatic heterocycles. The standard InChI is InChI=1S/C14H19NO4S/c1-8-5-10-9(6-11(20-10)12(16)17)7-15(8)13(18)19-14(2,3)4/h6,8H,5,7H2,1-4H3,(H,16,17). The summed E-state index contributed by atoms with van der Waals surface area (Å²) < 4.78 is 5.39. The molecule has 1 aliphatic rings. The molecule has 0 radical (unpaired) electrons. The molecule has 0 aliphatic carbocycles. The number of aromatic carboxylic acids is 1. The van der Waals surface area contributed by atoms with Gasteiger partial charge in [0, 0.05) is 17.3 Å². The maximum absolute atomic E-state index is 12.2. The zero-order valence-electron chi connectivity index (χ0n) is 12.1. The Balaban J connectivity index is 2.18. The van der Waals surface area contributed by atoms with Crippen molar-refractivity contribution in [2.75, 3.05) is 0 Å². The first kappa shape index (κ1) is 14.8. The van der Waals surface area contributed by atoms with E-state index in [1.807, 2.05) is 27.7 Å². The number of hydrogen-bond donors (Lipinski definition) is 1. The van der Waals surface area contributed by atoms with E-state index in [0.717, 1.165) is 10.4 Å². The highest BCUT2D eigenvalue weighted by Crippen LogP contribution is 2.31. The molecule has 2 heterocycles. The number of amides is 1. The summed E-state index contributed by atoms with van der Waals surface area (Å²) in [5.41, 5.74) is 0.383. The lowest BCUT2D eigenvalue weighted by Crippen LogP contribution is -2.44. The summed E-state index contributed by atoms with van der Waals surface area (Å²) in [5, 5.41) is 9.03. The van der Waals surface area contributed by atoms with Crippen LogP contribution in [0.1, 0.15) is 47.8 Å². The summed E-state index contributed by atoms with van der Waals surface area (Å²) in [5.74, 6) is -0.916. The monoisotopic (exact) mass is 297 g/mol. The van der Waals surface area contributed by atoms with Crippen LogP contribution >= 0.6 is 11.3 Å². The normalized spacial score (nSPS) is 18.6. The second-order valence-electron chi connectivity index (χ2n) is 6.03. The summed E-state index contributed by atoms with van der Waals surface area (Å²) in [6, 6.07) is 1.67. The lowest BCUT2D eigenvalue weighted by atomic mass is 10.0. The first-order valence-electron chi connectivity index (χ1n) is 6.52. The Bertz CT molecular complexity index is 544. The topological polar surface area (TPSA) is 66.8 Å². The Morgan fingerprint density at radius 3 is 2.65 bits per heavy atom. The molecule has 2 rings (SSSR count). The number of thiophene rings is 1. The van der Waals surface area contributed by atoms with Crippen LogP contribution in [0.5, 0.6) is 0 Å². The van der Waals surface area contributed by atoms with E-state index in [-0.39, 0.29) is 12.1 Å². The molecule has 1 aromatic rings. The van der Waals surface area contributed by atoms with E-state index in [0.29, 0.717) is 17.8 Å². The fourth-order valence-corrected chi connectivity index (χ4v) is 3.29. The van der Waals surface area contributed by atoms with Gasteiger partial charge in [-0.3, -0.25) is 0 Å². The van der Waals surface area contributed by atoms with Crippen molar-refractivity contribution in [3.8, 4) is 0 Å². The minimum Gasteiger partial charge on any atom is -0.477 e. The predicted molar refractivity (Wildman–Crippen MR) is 76.2 cm³/mol. The van der Waals surface area contributed by atoms with Gasteiger partial charge in [0.1, 0.15) is 10.5 Å². The molecule has 0 aromatic carbocycles.